The fraction of sp³-hybridized carbons (Fsp3) is 0.529. The molecule has 1 N–H and O–H groups in total. The molecule has 6 nitrogen and oxygen atoms in total. The van der Waals surface area contributed by atoms with Crippen molar-refractivity contribution < 1.29 is 13.7 Å². The number of hydrogen-bond donors (Lipinski definition) is 1. The van der Waals surface area contributed by atoms with Gasteiger partial charge in [-0.15, -0.1) is 0 Å². The fourth-order valence-corrected chi connectivity index (χ4v) is 3.05. The molecule has 1 amide bonds. The topological polar surface area (TPSA) is 71.5 Å². The Morgan fingerprint density at radius 3 is 2.72 bits per heavy atom. The van der Waals surface area contributed by atoms with Crippen LogP contribution in [-0.2, 0) is 22.3 Å². The van der Waals surface area contributed by atoms with Crippen molar-refractivity contribution in [3.8, 4) is 0 Å². The van der Waals surface area contributed by atoms with Crippen LogP contribution in [0.5, 0.6) is 0 Å². The first-order valence-corrected chi connectivity index (χ1v) is 9.98. The first-order chi connectivity index (χ1) is 11.7. The number of ether oxygens (including phenoxy) is 1. The second-order valence-corrected chi connectivity index (χ2v) is 8.46. The molecule has 2 rings (SSSR count). The molecule has 0 aliphatic carbocycles. The molecule has 8 heteroatoms. The molecule has 1 aliphatic rings. The van der Waals surface area contributed by atoms with Crippen molar-refractivity contribution in [1.29, 1.82) is 0 Å². The summed E-state index contributed by atoms with van der Waals surface area (Å²) >= 11 is 6.35. The van der Waals surface area contributed by atoms with Crippen molar-refractivity contribution in [3.05, 3.63) is 34.6 Å². The Labute approximate surface area is 156 Å². The second-order valence-electron chi connectivity index (χ2n) is 6.85. The van der Waals surface area contributed by atoms with E-state index in [0.29, 0.717) is 31.1 Å². The Morgan fingerprint density at radius 2 is 2.20 bits per heavy atom. The van der Waals surface area contributed by atoms with Gasteiger partial charge >= 0.3 is 6.09 Å². The molecule has 1 unspecified atom stereocenters. The highest BCUT2D eigenvalue weighted by Gasteiger charge is 2.24. The van der Waals surface area contributed by atoms with Crippen molar-refractivity contribution >= 4 is 34.3 Å². The minimum Gasteiger partial charge on any atom is -0.444 e. The molecule has 0 fully saturated rings. The van der Waals surface area contributed by atoms with Gasteiger partial charge in [0, 0.05) is 32.1 Å². The van der Waals surface area contributed by atoms with Crippen molar-refractivity contribution in [3.63, 3.8) is 0 Å². The average molecular weight is 386 g/mol. The summed E-state index contributed by atoms with van der Waals surface area (Å²) in [5, 5.41) is 0.554. The van der Waals surface area contributed by atoms with Gasteiger partial charge in [0.25, 0.3) is 0 Å². The molecular formula is C17H24ClN3O3S. The lowest BCUT2D eigenvalue weighted by atomic mass is 10.0. The Balaban J connectivity index is 2.03. The van der Waals surface area contributed by atoms with Crippen LogP contribution < -0.4 is 4.72 Å². The summed E-state index contributed by atoms with van der Waals surface area (Å²) in [6.45, 7) is 7.04. The SMILES string of the molecule is CS(=O)NCc1cnc(C2=CCN(C(=O)OC(C)(C)C)CC2)c(Cl)c1. The lowest BCUT2D eigenvalue weighted by molar-refractivity contribution is 0.0270. The van der Waals surface area contributed by atoms with E-state index < -0.39 is 16.6 Å². The van der Waals surface area contributed by atoms with Crippen LogP contribution in [0.3, 0.4) is 0 Å². The molecule has 0 saturated heterocycles. The smallest absolute Gasteiger partial charge is 0.410 e. The van der Waals surface area contributed by atoms with Gasteiger partial charge in [-0.05, 0) is 44.4 Å². The molecule has 0 aromatic carbocycles. The number of rotatable bonds is 4. The number of hydrogen-bond acceptors (Lipinski definition) is 4. The third-order valence-electron chi connectivity index (χ3n) is 3.54. The van der Waals surface area contributed by atoms with Crippen molar-refractivity contribution in [2.45, 2.75) is 39.3 Å². The zero-order valence-electron chi connectivity index (χ0n) is 15.0. The lowest BCUT2D eigenvalue weighted by Crippen LogP contribution is -2.39. The van der Waals surface area contributed by atoms with Gasteiger partial charge in [-0.25, -0.2) is 13.7 Å². The standard InChI is InChI=1S/C17H24ClN3O3S/c1-17(2,3)24-16(22)21-7-5-13(6-8-21)15-14(18)9-12(10-19-15)11-20-25(4)23/h5,9-10,20H,6-8,11H2,1-4H3. The van der Waals surface area contributed by atoms with Crippen molar-refractivity contribution in [2.24, 2.45) is 0 Å². The van der Waals surface area contributed by atoms with Crippen LogP contribution in [0.15, 0.2) is 18.3 Å². The maximum atomic E-state index is 12.1. The lowest BCUT2D eigenvalue weighted by Gasteiger charge is -2.29. The van der Waals surface area contributed by atoms with Gasteiger partial charge in [-0.3, -0.25) is 4.98 Å². The third-order valence-corrected chi connectivity index (χ3v) is 4.38. The average Bonchev–Trinajstić information content (AvgIpc) is 2.51. The van der Waals surface area contributed by atoms with Crippen molar-refractivity contribution in [1.82, 2.24) is 14.6 Å². The number of carbonyl (C=O) groups is 1. The number of aromatic nitrogens is 1. The van der Waals surface area contributed by atoms with E-state index in [1.54, 1.807) is 17.4 Å². The molecular weight excluding hydrogens is 362 g/mol. The first-order valence-electron chi connectivity index (χ1n) is 8.04. The Hall–Kier alpha value is -1.44. The number of nitrogens with zero attached hydrogens (tertiary/aromatic N) is 2. The zero-order valence-corrected chi connectivity index (χ0v) is 16.5. The van der Waals surface area contributed by atoms with E-state index in [1.807, 2.05) is 32.9 Å². The molecule has 1 aromatic heterocycles. The maximum Gasteiger partial charge on any atom is 0.410 e. The monoisotopic (exact) mass is 385 g/mol. The van der Waals surface area contributed by atoms with Gasteiger partial charge in [0.2, 0.25) is 0 Å². The summed E-state index contributed by atoms with van der Waals surface area (Å²) in [5.74, 6) is 0. The van der Waals surface area contributed by atoms with Crippen molar-refractivity contribution in [2.75, 3.05) is 19.3 Å². The molecule has 1 atom stereocenters. The van der Waals surface area contributed by atoms with E-state index in [-0.39, 0.29) is 6.09 Å². The summed E-state index contributed by atoms with van der Waals surface area (Å²) in [7, 11) is -1.08. The van der Waals surface area contributed by atoms with Gasteiger partial charge in [0.1, 0.15) is 5.60 Å². The number of carbonyl (C=O) groups excluding carboxylic acids is 1. The molecule has 1 aromatic rings. The van der Waals surface area contributed by atoms with E-state index in [0.717, 1.165) is 16.8 Å². The van der Waals surface area contributed by atoms with E-state index in [1.165, 1.54) is 0 Å². The predicted molar refractivity (Wildman–Crippen MR) is 101 cm³/mol. The second kappa shape index (κ2) is 8.29. The third kappa shape index (κ3) is 6.09. The van der Waals surface area contributed by atoms with Crippen LogP contribution in [0.1, 0.15) is 38.4 Å². The van der Waals surface area contributed by atoms with Crippen LogP contribution in [-0.4, -0.2) is 45.1 Å². The number of halogens is 1. The van der Waals surface area contributed by atoms with Gasteiger partial charge < -0.3 is 9.64 Å². The molecule has 2 heterocycles. The maximum absolute atomic E-state index is 12.1. The highest BCUT2D eigenvalue weighted by Crippen LogP contribution is 2.28. The summed E-state index contributed by atoms with van der Waals surface area (Å²) in [4.78, 5) is 18.2. The fourth-order valence-electron chi connectivity index (χ4n) is 2.37. The molecule has 0 saturated carbocycles. The molecule has 0 spiro atoms. The highest BCUT2D eigenvalue weighted by molar-refractivity contribution is 7.82. The minimum atomic E-state index is -1.08. The Kier molecular flexibility index (Phi) is 6.59. The van der Waals surface area contributed by atoms with Crippen LogP contribution in [0, 0.1) is 0 Å². The molecule has 1 aliphatic heterocycles. The van der Waals surface area contributed by atoms with E-state index >= 15 is 0 Å². The Bertz CT molecular complexity index is 701. The molecule has 25 heavy (non-hydrogen) atoms. The largest absolute Gasteiger partial charge is 0.444 e. The van der Waals surface area contributed by atoms with E-state index in [9.17, 15) is 9.00 Å². The molecule has 138 valence electrons. The highest BCUT2D eigenvalue weighted by atomic mass is 35.5. The van der Waals surface area contributed by atoms with Crippen LogP contribution in [0.2, 0.25) is 5.02 Å². The Morgan fingerprint density at radius 1 is 1.48 bits per heavy atom. The minimum absolute atomic E-state index is 0.309. The quantitative estimate of drug-likeness (QED) is 0.864. The summed E-state index contributed by atoms with van der Waals surface area (Å²) in [5.41, 5.74) is 2.11. The first kappa shape index (κ1) is 19.9. The van der Waals surface area contributed by atoms with Crippen LogP contribution in [0.25, 0.3) is 5.57 Å². The number of amides is 1. The van der Waals surface area contributed by atoms with Crippen LogP contribution in [0.4, 0.5) is 4.79 Å². The number of nitrogens with one attached hydrogen (secondary N) is 1. The van der Waals surface area contributed by atoms with Gasteiger partial charge in [0.05, 0.1) is 21.7 Å². The van der Waals surface area contributed by atoms with E-state index in [2.05, 4.69) is 9.71 Å². The van der Waals surface area contributed by atoms with Gasteiger partial charge in [-0.2, -0.15) is 0 Å². The zero-order chi connectivity index (χ0) is 18.6. The summed E-state index contributed by atoms with van der Waals surface area (Å²) in [6, 6.07) is 1.82. The predicted octanol–water partition coefficient (Wildman–Crippen LogP) is 3.14. The molecule has 0 radical (unpaired) electrons. The summed E-state index contributed by atoms with van der Waals surface area (Å²) in [6.07, 6.45) is 5.62. The van der Waals surface area contributed by atoms with Gasteiger partial charge in [0.15, 0.2) is 0 Å². The molecule has 0 bridgehead atoms. The summed E-state index contributed by atoms with van der Waals surface area (Å²) < 4.78 is 19.3. The normalized spacial score (nSPS) is 16.4. The van der Waals surface area contributed by atoms with E-state index in [4.69, 9.17) is 16.3 Å². The number of pyridine rings is 1. The van der Waals surface area contributed by atoms with Gasteiger partial charge in [-0.1, -0.05) is 17.7 Å². The van der Waals surface area contributed by atoms with Crippen LogP contribution >= 0.6 is 11.6 Å².